The summed E-state index contributed by atoms with van der Waals surface area (Å²) < 4.78 is 13.4. The van der Waals surface area contributed by atoms with Gasteiger partial charge in [0.1, 0.15) is 22.3 Å². The highest BCUT2D eigenvalue weighted by molar-refractivity contribution is 6.27. The van der Waals surface area contributed by atoms with Crippen molar-refractivity contribution in [3.05, 3.63) is 194 Å². The first kappa shape index (κ1) is 31.0. The van der Waals surface area contributed by atoms with Gasteiger partial charge in [-0.1, -0.05) is 176 Å². The predicted molar refractivity (Wildman–Crippen MR) is 235 cm³/mol. The first-order valence-electron chi connectivity index (χ1n) is 19.2. The molecule has 12 aromatic rings. The molecule has 0 aliphatic carbocycles. The molecule has 10 aromatic carbocycles. The Balaban J connectivity index is 1.11. The summed E-state index contributed by atoms with van der Waals surface area (Å²) in [6.45, 7) is 0. The van der Waals surface area contributed by atoms with Crippen molar-refractivity contribution in [2.24, 2.45) is 0 Å². The Morgan fingerprint density at radius 1 is 0.250 bits per heavy atom. The first-order valence-corrected chi connectivity index (χ1v) is 19.2. The molecule has 2 heteroatoms. The van der Waals surface area contributed by atoms with Crippen molar-refractivity contribution in [1.82, 2.24) is 0 Å². The zero-order valence-electron chi connectivity index (χ0n) is 30.3. The van der Waals surface area contributed by atoms with E-state index in [0.29, 0.717) is 0 Å². The summed E-state index contributed by atoms with van der Waals surface area (Å²) in [4.78, 5) is 0. The smallest absolute Gasteiger partial charge is 0.144 e. The van der Waals surface area contributed by atoms with Crippen LogP contribution in [-0.2, 0) is 0 Å². The maximum absolute atomic E-state index is 6.87. The standard InChI is InChI=1S/C54H32O2/c1-2-15-36-33(13-1)14-11-22-37(36)34-27-29-35(30-28-34)50-39-17-3-5-19-41(39)51(42-20-6-4-18-40(42)50)47-32-31-45(54-52(47)46-21-8-10-26-49(46)56-54)44-24-12-23-43-38-16-7-9-25-48(38)55-53(43)44/h1-32H. The first-order chi connectivity index (χ1) is 27.8. The molecule has 0 fully saturated rings. The average molecular weight is 713 g/mol. The van der Waals surface area contributed by atoms with Crippen LogP contribution in [0.2, 0.25) is 0 Å². The van der Waals surface area contributed by atoms with Crippen LogP contribution < -0.4 is 0 Å². The third-order valence-electron chi connectivity index (χ3n) is 11.7. The molecule has 0 saturated carbocycles. The molecule has 2 nitrogen and oxygen atoms in total. The highest BCUT2D eigenvalue weighted by Gasteiger charge is 2.23. The van der Waals surface area contributed by atoms with Gasteiger partial charge in [0.15, 0.2) is 0 Å². The third kappa shape index (κ3) is 4.50. The predicted octanol–water partition coefficient (Wildman–Crippen LogP) is 15.6. The number of rotatable bonds is 4. The van der Waals surface area contributed by atoms with Gasteiger partial charge < -0.3 is 8.83 Å². The molecule has 56 heavy (non-hydrogen) atoms. The van der Waals surface area contributed by atoms with Crippen LogP contribution in [-0.4, -0.2) is 0 Å². The molecule has 0 saturated heterocycles. The van der Waals surface area contributed by atoms with Crippen LogP contribution in [0.15, 0.2) is 203 Å². The van der Waals surface area contributed by atoms with Crippen LogP contribution in [0.4, 0.5) is 0 Å². The van der Waals surface area contributed by atoms with E-state index in [1.54, 1.807) is 0 Å². The van der Waals surface area contributed by atoms with Gasteiger partial charge in [-0.05, 0) is 83.9 Å². The van der Waals surface area contributed by atoms with E-state index in [0.717, 1.165) is 60.6 Å². The highest BCUT2D eigenvalue weighted by atomic mass is 16.3. The largest absolute Gasteiger partial charge is 0.455 e. The van der Waals surface area contributed by atoms with Gasteiger partial charge in [-0.25, -0.2) is 0 Å². The molecule has 0 N–H and O–H groups in total. The zero-order valence-corrected chi connectivity index (χ0v) is 30.3. The summed E-state index contributed by atoms with van der Waals surface area (Å²) >= 11 is 0. The number of para-hydroxylation sites is 3. The van der Waals surface area contributed by atoms with E-state index < -0.39 is 0 Å². The summed E-state index contributed by atoms with van der Waals surface area (Å²) in [5, 5.41) is 11.8. The lowest BCUT2D eigenvalue weighted by Crippen LogP contribution is -1.92. The molecule has 12 rings (SSSR count). The number of furan rings is 2. The molecular weight excluding hydrogens is 681 g/mol. The Morgan fingerprint density at radius 3 is 1.45 bits per heavy atom. The second-order valence-corrected chi connectivity index (χ2v) is 14.7. The number of hydrogen-bond acceptors (Lipinski definition) is 2. The second kappa shape index (κ2) is 12.0. The fourth-order valence-electron chi connectivity index (χ4n) is 9.23. The lowest BCUT2D eigenvalue weighted by atomic mass is 9.84. The molecular formula is C54H32O2. The molecule has 260 valence electrons. The molecule has 2 aromatic heterocycles. The summed E-state index contributed by atoms with van der Waals surface area (Å²) in [6.07, 6.45) is 0. The van der Waals surface area contributed by atoms with E-state index in [2.05, 4.69) is 182 Å². The van der Waals surface area contributed by atoms with Gasteiger partial charge in [-0.15, -0.1) is 0 Å². The van der Waals surface area contributed by atoms with Crippen LogP contribution in [0, 0.1) is 0 Å². The minimum Gasteiger partial charge on any atom is -0.455 e. The fraction of sp³-hybridized carbons (Fsp3) is 0. The van der Waals surface area contributed by atoms with Crippen molar-refractivity contribution < 1.29 is 8.83 Å². The monoisotopic (exact) mass is 712 g/mol. The van der Waals surface area contributed by atoms with Crippen LogP contribution in [0.5, 0.6) is 0 Å². The highest BCUT2D eigenvalue weighted by Crippen LogP contribution is 2.49. The topological polar surface area (TPSA) is 26.3 Å². The minimum absolute atomic E-state index is 0.859. The van der Waals surface area contributed by atoms with Gasteiger partial charge in [-0.2, -0.15) is 0 Å². The van der Waals surface area contributed by atoms with Gasteiger partial charge in [0.25, 0.3) is 0 Å². The Morgan fingerprint density at radius 2 is 0.714 bits per heavy atom. The van der Waals surface area contributed by atoms with E-state index in [1.165, 1.54) is 60.1 Å². The Hall–Kier alpha value is -7.42. The Labute approximate surface area is 322 Å². The van der Waals surface area contributed by atoms with E-state index in [1.807, 2.05) is 12.1 Å². The van der Waals surface area contributed by atoms with Crippen molar-refractivity contribution >= 4 is 76.2 Å². The molecule has 0 aliphatic heterocycles. The van der Waals surface area contributed by atoms with E-state index >= 15 is 0 Å². The van der Waals surface area contributed by atoms with Crippen molar-refractivity contribution in [2.75, 3.05) is 0 Å². The van der Waals surface area contributed by atoms with Crippen LogP contribution >= 0.6 is 0 Å². The molecule has 0 atom stereocenters. The average Bonchev–Trinajstić information content (AvgIpc) is 3.85. The molecule has 0 spiro atoms. The number of fused-ring (bicyclic) bond motifs is 9. The van der Waals surface area contributed by atoms with Gasteiger partial charge in [0.05, 0.1) is 0 Å². The number of benzene rings is 10. The van der Waals surface area contributed by atoms with Gasteiger partial charge in [0, 0.05) is 32.7 Å². The fourth-order valence-corrected chi connectivity index (χ4v) is 9.23. The maximum atomic E-state index is 6.87. The summed E-state index contributed by atoms with van der Waals surface area (Å²) in [7, 11) is 0. The third-order valence-corrected chi connectivity index (χ3v) is 11.7. The molecule has 2 heterocycles. The Bertz CT molecular complexity index is 3460. The van der Waals surface area contributed by atoms with Gasteiger partial charge >= 0.3 is 0 Å². The van der Waals surface area contributed by atoms with Crippen LogP contribution in [0.1, 0.15) is 0 Å². The van der Waals surface area contributed by atoms with Crippen LogP contribution in [0.3, 0.4) is 0 Å². The molecule has 0 bridgehead atoms. The lowest BCUT2D eigenvalue weighted by molar-refractivity contribution is 0.665. The van der Waals surface area contributed by atoms with Crippen molar-refractivity contribution in [3.63, 3.8) is 0 Å². The Kier molecular flexibility index (Phi) is 6.66. The van der Waals surface area contributed by atoms with Crippen molar-refractivity contribution in [3.8, 4) is 44.5 Å². The van der Waals surface area contributed by atoms with Gasteiger partial charge in [0.2, 0.25) is 0 Å². The van der Waals surface area contributed by atoms with E-state index in [9.17, 15) is 0 Å². The lowest BCUT2D eigenvalue weighted by Gasteiger charge is -2.19. The van der Waals surface area contributed by atoms with E-state index in [-0.39, 0.29) is 0 Å². The summed E-state index contributed by atoms with van der Waals surface area (Å²) in [5.74, 6) is 0. The van der Waals surface area contributed by atoms with Crippen molar-refractivity contribution in [1.29, 1.82) is 0 Å². The van der Waals surface area contributed by atoms with Gasteiger partial charge in [-0.3, -0.25) is 0 Å². The summed E-state index contributed by atoms with van der Waals surface area (Å²) in [6, 6.07) is 69.7. The summed E-state index contributed by atoms with van der Waals surface area (Å²) in [5.41, 5.74) is 12.8. The van der Waals surface area contributed by atoms with Crippen LogP contribution in [0.25, 0.3) is 121 Å². The zero-order chi connectivity index (χ0) is 36.7. The van der Waals surface area contributed by atoms with E-state index in [4.69, 9.17) is 8.83 Å². The van der Waals surface area contributed by atoms with Crippen molar-refractivity contribution in [2.45, 2.75) is 0 Å². The molecule has 0 radical (unpaired) electrons. The number of hydrogen-bond donors (Lipinski definition) is 0. The second-order valence-electron chi connectivity index (χ2n) is 14.7. The SMILES string of the molecule is c1ccc2c(-c3ccc(-c4c5ccccc5c(-c5ccc(-c6cccc7c6oc6ccccc67)c6oc7ccccc7c56)c5ccccc45)cc3)cccc2c1. The molecule has 0 unspecified atom stereocenters. The normalized spacial score (nSPS) is 11.9. The quantitative estimate of drug-likeness (QED) is 0.170. The minimum atomic E-state index is 0.859. The maximum Gasteiger partial charge on any atom is 0.144 e. The molecule has 0 aliphatic rings. The molecule has 0 amide bonds.